The lowest BCUT2D eigenvalue weighted by molar-refractivity contribution is -0.115. The lowest BCUT2D eigenvalue weighted by Gasteiger charge is -2.06. The van der Waals surface area contributed by atoms with E-state index >= 15 is 0 Å². The number of hydrogen-bond acceptors (Lipinski definition) is 1. The van der Waals surface area contributed by atoms with Crippen molar-refractivity contribution in [3.05, 3.63) is 64.1 Å². The van der Waals surface area contributed by atoms with Crippen molar-refractivity contribution in [1.82, 2.24) is 0 Å². The molecular formula is C16H12BrNO. The van der Waals surface area contributed by atoms with Gasteiger partial charge in [0.2, 0.25) is 5.91 Å². The van der Waals surface area contributed by atoms with Crippen molar-refractivity contribution in [2.45, 2.75) is 6.42 Å². The summed E-state index contributed by atoms with van der Waals surface area (Å²) in [6.45, 7) is 0. The van der Waals surface area contributed by atoms with E-state index in [1.165, 1.54) is 0 Å². The molecule has 0 atom stereocenters. The fraction of sp³-hybridized carbons (Fsp3) is 0.0625. The Hall–Kier alpha value is -2.05. The molecule has 0 bridgehead atoms. The van der Waals surface area contributed by atoms with E-state index in [9.17, 15) is 4.79 Å². The monoisotopic (exact) mass is 313 g/mol. The van der Waals surface area contributed by atoms with Crippen LogP contribution in [0.15, 0.2) is 53.0 Å². The zero-order chi connectivity index (χ0) is 13.7. The number of nitrogens with one attached hydrogen (secondary N) is 1. The van der Waals surface area contributed by atoms with Gasteiger partial charge < -0.3 is 5.32 Å². The van der Waals surface area contributed by atoms with Crippen molar-refractivity contribution < 1.29 is 4.79 Å². The highest BCUT2D eigenvalue weighted by Crippen LogP contribution is 2.14. The number of amides is 1. The van der Waals surface area contributed by atoms with E-state index in [-0.39, 0.29) is 5.91 Å². The quantitative estimate of drug-likeness (QED) is 0.862. The topological polar surface area (TPSA) is 29.1 Å². The third kappa shape index (κ3) is 3.97. The predicted molar refractivity (Wildman–Crippen MR) is 80.9 cm³/mol. The molecule has 0 unspecified atom stereocenters. The Bertz CT molecular complexity index is 643. The fourth-order valence-corrected chi connectivity index (χ4v) is 2.17. The number of carbonyl (C=O) groups is 1. The highest BCUT2D eigenvalue weighted by Gasteiger charge is 2.04. The zero-order valence-electron chi connectivity index (χ0n) is 10.2. The molecule has 0 aliphatic heterocycles. The summed E-state index contributed by atoms with van der Waals surface area (Å²) in [5, 5.41) is 2.83. The number of benzene rings is 2. The van der Waals surface area contributed by atoms with E-state index in [0.717, 1.165) is 21.3 Å². The summed E-state index contributed by atoms with van der Waals surface area (Å²) in [4.78, 5) is 11.9. The van der Waals surface area contributed by atoms with Gasteiger partial charge in [0.1, 0.15) is 0 Å². The molecule has 0 spiro atoms. The summed E-state index contributed by atoms with van der Waals surface area (Å²) in [6, 6.07) is 14.9. The van der Waals surface area contributed by atoms with Crippen molar-refractivity contribution >= 4 is 27.5 Å². The first-order chi connectivity index (χ1) is 9.17. The molecule has 0 aliphatic rings. The molecular weight excluding hydrogens is 302 g/mol. The number of anilines is 1. The Kier molecular flexibility index (Phi) is 4.38. The van der Waals surface area contributed by atoms with Gasteiger partial charge in [0.25, 0.3) is 0 Å². The van der Waals surface area contributed by atoms with Crippen LogP contribution in [-0.2, 0) is 11.2 Å². The molecule has 1 N–H and O–H groups in total. The molecule has 1 amide bonds. The number of halogens is 1. The number of hydrogen-bond donors (Lipinski definition) is 1. The van der Waals surface area contributed by atoms with Gasteiger partial charge in [0.15, 0.2) is 0 Å². The summed E-state index contributed by atoms with van der Waals surface area (Å²) in [5.74, 6) is 2.48. The van der Waals surface area contributed by atoms with Crippen molar-refractivity contribution in [3.8, 4) is 12.3 Å². The minimum atomic E-state index is -0.0627. The highest BCUT2D eigenvalue weighted by atomic mass is 79.9. The molecule has 19 heavy (non-hydrogen) atoms. The fourth-order valence-electron chi connectivity index (χ4n) is 1.72. The van der Waals surface area contributed by atoms with Gasteiger partial charge in [0.05, 0.1) is 6.42 Å². The first kappa shape index (κ1) is 13.4. The van der Waals surface area contributed by atoms with Crippen molar-refractivity contribution in [1.29, 1.82) is 0 Å². The Balaban J connectivity index is 2.03. The van der Waals surface area contributed by atoms with Crippen LogP contribution in [-0.4, -0.2) is 5.91 Å². The highest BCUT2D eigenvalue weighted by molar-refractivity contribution is 9.10. The first-order valence-electron chi connectivity index (χ1n) is 5.78. The van der Waals surface area contributed by atoms with E-state index in [1.807, 2.05) is 42.5 Å². The largest absolute Gasteiger partial charge is 0.326 e. The second kappa shape index (κ2) is 6.21. The Labute approximate surface area is 121 Å². The second-order valence-corrected chi connectivity index (χ2v) is 5.00. The van der Waals surface area contributed by atoms with Gasteiger partial charge in [-0.05, 0) is 35.9 Å². The summed E-state index contributed by atoms with van der Waals surface area (Å²) in [5.41, 5.74) is 2.43. The molecule has 0 aromatic heterocycles. The molecule has 2 nitrogen and oxygen atoms in total. The SMILES string of the molecule is C#Cc1cccc(NC(=O)Cc2cccc(Br)c2)c1. The number of rotatable bonds is 3. The molecule has 0 aliphatic carbocycles. The minimum Gasteiger partial charge on any atom is -0.326 e. The Morgan fingerprint density at radius 3 is 2.74 bits per heavy atom. The van der Waals surface area contributed by atoms with E-state index in [1.54, 1.807) is 6.07 Å². The van der Waals surface area contributed by atoms with E-state index < -0.39 is 0 Å². The third-order valence-electron chi connectivity index (χ3n) is 2.57. The maximum atomic E-state index is 11.9. The molecule has 0 fully saturated rings. The Morgan fingerprint density at radius 2 is 2.00 bits per heavy atom. The minimum absolute atomic E-state index is 0.0627. The van der Waals surface area contributed by atoms with Gasteiger partial charge in [-0.1, -0.05) is 40.0 Å². The van der Waals surface area contributed by atoms with Gasteiger partial charge in [-0.2, -0.15) is 0 Å². The molecule has 3 heteroatoms. The lowest BCUT2D eigenvalue weighted by Crippen LogP contribution is -2.14. The first-order valence-corrected chi connectivity index (χ1v) is 6.57. The van der Waals surface area contributed by atoms with E-state index in [2.05, 4.69) is 27.2 Å². The number of carbonyl (C=O) groups excluding carboxylic acids is 1. The molecule has 2 rings (SSSR count). The smallest absolute Gasteiger partial charge is 0.228 e. The molecule has 0 radical (unpaired) electrons. The normalized spacial score (nSPS) is 9.68. The standard InChI is InChI=1S/C16H12BrNO/c1-2-12-5-4-8-15(10-12)18-16(19)11-13-6-3-7-14(17)9-13/h1,3-10H,11H2,(H,18,19). The van der Waals surface area contributed by atoms with Crippen LogP contribution in [0.2, 0.25) is 0 Å². The predicted octanol–water partition coefficient (Wildman–Crippen LogP) is 3.61. The van der Waals surface area contributed by atoms with Crippen molar-refractivity contribution in [3.63, 3.8) is 0 Å². The summed E-state index contributed by atoms with van der Waals surface area (Å²) >= 11 is 3.38. The van der Waals surface area contributed by atoms with Crippen LogP contribution in [0.5, 0.6) is 0 Å². The molecule has 94 valence electrons. The average Bonchev–Trinajstić information content (AvgIpc) is 2.38. The van der Waals surface area contributed by atoms with Crippen LogP contribution >= 0.6 is 15.9 Å². The maximum Gasteiger partial charge on any atom is 0.228 e. The molecule has 0 heterocycles. The van der Waals surface area contributed by atoms with Gasteiger partial charge in [0, 0.05) is 15.7 Å². The van der Waals surface area contributed by atoms with Crippen LogP contribution in [0.25, 0.3) is 0 Å². The van der Waals surface area contributed by atoms with E-state index in [0.29, 0.717) is 6.42 Å². The van der Waals surface area contributed by atoms with Crippen molar-refractivity contribution in [2.75, 3.05) is 5.32 Å². The average molecular weight is 314 g/mol. The van der Waals surface area contributed by atoms with Crippen LogP contribution in [0.1, 0.15) is 11.1 Å². The number of terminal acetylenes is 1. The molecule has 2 aromatic rings. The lowest BCUT2D eigenvalue weighted by atomic mass is 10.1. The van der Waals surface area contributed by atoms with Crippen LogP contribution < -0.4 is 5.32 Å². The van der Waals surface area contributed by atoms with Gasteiger partial charge in [-0.15, -0.1) is 6.42 Å². The summed E-state index contributed by atoms with van der Waals surface area (Å²) in [7, 11) is 0. The summed E-state index contributed by atoms with van der Waals surface area (Å²) < 4.78 is 0.965. The second-order valence-electron chi connectivity index (χ2n) is 4.08. The molecule has 2 aromatic carbocycles. The maximum absolute atomic E-state index is 11.9. The van der Waals surface area contributed by atoms with Crippen LogP contribution in [0, 0.1) is 12.3 Å². The van der Waals surface area contributed by atoms with Gasteiger partial charge in [-0.3, -0.25) is 4.79 Å². The Morgan fingerprint density at radius 1 is 1.21 bits per heavy atom. The summed E-state index contributed by atoms with van der Waals surface area (Å²) in [6.07, 6.45) is 5.65. The van der Waals surface area contributed by atoms with E-state index in [4.69, 9.17) is 6.42 Å². The van der Waals surface area contributed by atoms with Crippen LogP contribution in [0.4, 0.5) is 5.69 Å². The van der Waals surface area contributed by atoms with Crippen molar-refractivity contribution in [2.24, 2.45) is 0 Å². The van der Waals surface area contributed by atoms with Crippen LogP contribution in [0.3, 0.4) is 0 Å². The van der Waals surface area contributed by atoms with Gasteiger partial charge in [-0.25, -0.2) is 0 Å². The third-order valence-corrected chi connectivity index (χ3v) is 3.06. The molecule has 0 saturated carbocycles. The molecule has 0 saturated heterocycles. The van der Waals surface area contributed by atoms with Gasteiger partial charge >= 0.3 is 0 Å². The zero-order valence-corrected chi connectivity index (χ0v) is 11.8.